The molecule has 1 saturated carbocycles. The van der Waals surface area contributed by atoms with E-state index in [1.807, 2.05) is 25.1 Å². The number of hydrogen-bond acceptors (Lipinski definition) is 5. The molecule has 4 rings (SSSR count). The highest BCUT2D eigenvalue weighted by Gasteiger charge is 2.43. The van der Waals surface area contributed by atoms with E-state index in [1.165, 1.54) is 0 Å². The first-order valence-electron chi connectivity index (χ1n) is 9.87. The predicted molar refractivity (Wildman–Crippen MR) is 104 cm³/mol. The first kappa shape index (κ1) is 19.3. The second-order valence-electron chi connectivity index (χ2n) is 7.40. The molecule has 1 aromatic rings. The van der Waals surface area contributed by atoms with Crippen LogP contribution in [0.15, 0.2) is 35.5 Å². The van der Waals surface area contributed by atoms with Crippen molar-refractivity contribution >= 4 is 11.9 Å². The summed E-state index contributed by atoms with van der Waals surface area (Å²) >= 11 is 0. The number of rotatable bonds is 5. The fourth-order valence-electron chi connectivity index (χ4n) is 3.87. The molecule has 1 aromatic carbocycles. The molecule has 2 fully saturated rings. The Morgan fingerprint density at radius 1 is 1.28 bits per heavy atom. The van der Waals surface area contributed by atoms with Gasteiger partial charge in [0.25, 0.3) is 5.91 Å². The summed E-state index contributed by atoms with van der Waals surface area (Å²) in [6, 6.07) is 8.55. The number of nitriles is 1. The van der Waals surface area contributed by atoms with Crippen LogP contribution < -0.4 is 10.1 Å². The summed E-state index contributed by atoms with van der Waals surface area (Å²) in [5, 5.41) is 11.7. The summed E-state index contributed by atoms with van der Waals surface area (Å²) in [6.07, 6.45) is 1.92. The van der Waals surface area contributed by atoms with Crippen molar-refractivity contribution in [2.45, 2.75) is 31.8 Å². The normalized spacial score (nSPS) is 22.2. The summed E-state index contributed by atoms with van der Waals surface area (Å²) in [5.41, 5.74) is 2.13. The summed E-state index contributed by atoms with van der Waals surface area (Å²) in [5.74, 6) is 0.505. The molecule has 3 aliphatic rings. The first-order valence-corrected chi connectivity index (χ1v) is 9.87. The van der Waals surface area contributed by atoms with Crippen molar-refractivity contribution in [3.8, 4) is 11.8 Å². The largest absolute Gasteiger partial charge is 0.479 e. The van der Waals surface area contributed by atoms with E-state index in [1.54, 1.807) is 21.9 Å². The molecule has 2 aliphatic heterocycles. The van der Waals surface area contributed by atoms with E-state index in [0.717, 1.165) is 24.1 Å². The Morgan fingerprint density at radius 3 is 2.59 bits per heavy atom. The molecule has 1 aliphatic carbocycles. The van der Waals surface area contributed by atoms with Crippen LogP contribution in [0.4, 0.5) is 4.79 Å². The van der Waals surface area contributed by atoms with Crippen molar-refractivity contribution in [3.63, 3.8) is 0 Å². The van der Waals surface area contributed by atoms with Gasteiger partial charge in [0.05, 0.1) is 24.8 Å². The molecule has 152 valence electrons. The average molecular weight is 396 g/mol. The molecule has 1 saturated heterocycles. The van der Waals surface area contributed by atoms with Crippen LogP contribution in [0.5, 0.6) is 5.75 Å². The maximum atomic E-state index is 13.4. The highest BCUT2D eigenvalue weighted by atomic mass is 16.5. The van der Waals surface area contributed by atoms with Crippen LogP contribution in [0, 0.1) is 11.3 Å². The lowest BCUT2D eigenvalue weighted by atomic mass is 9.93. The van der Waals surface area contributed by atoms with Crippen LogP contribution in [0.2, 0.25) is 0 Å². The van der Waals surface area contributed by atoms with E-state index in [0.29, 0.717) is 37.6 Å². The minimum Gasteiger partial charge on any atom is -0.479 e. The molecule has 2 heterocycles. The number of nitrogens with zero attached hydrogens (tertiary/aromatic N) is 3. The SMILES string of the molecule is CC1=C(C(=O)N2CCOCC2)[C@@H](c2ccc(OCC#N)cc2)NC(=O)N1C1CC1. The zero-order chi connectivity index (χ0) is 20.4. The monoisotopic (exact) mass is 396 g/mol. The van der Waals surface area contributed by atoms with Crippen molar-refractivity contribution in [2.75, 3.05) is 32.9 Å². The van der Waals surface area contributed by atoms with Crippen LogP contribution in [0.3, 0.4) is 0 Å². The third kappa shape index (κ3) is 3.91. The average Bonchev–Trinajstić information content (AvgIpc) is 3.57. The van der Waals surface area contributed by atoms with Gasteiger partial charge in [0, 0.05) is 24.8 Å². The third-order valence-corrected chi connectivity index (χ3v) is 5.48. The Balaban J connectivity index is 1.67. The Kier molecular flexibility index (Phi) is 5.41. The maximum absolute atomic E-state index is 13.4. The van der Waals surface area contributed by atoms with Crippen LogP contribution >= 0.6 is 0 Å². The minimum absolute atomic E-state index is 0.0321. The highest BCUT2D eigenvalue weighted by Crippen LogP contribution is 2.38. The number of morpholine rings is 1. The van der Waals surface area contributed by atoms with E-state index in [2.05, 4.69) is 5.32 Å². The summed E-state index contributed by atoms with van der Waals surface area (Å²) in [6.45, 7) is 3.96. The summed E-state index contributed by atoms with van der Waals surface area (Å²) in [7, 11) is 0. The van der Waals surface area contributed by atoms with Crippen molar-refractivity contribution in [2.24, 2.45) is 0 Å². The van der Waals surface area contributed by atoms with Crippen molar-refractivity contribution in [1.82, 2.24) is 15.1 Å². The molecule has 3 amide bonds. The van der Waals surface area contributed by atoms with Gasteiger partial charge in [-0.3, -0.25) is 9.69 Å². The number of allylic oxidation sites excluding steroid dienone is 1. The van der Waals surface area contributed by atoms with Gasteiger partial charge in [-0.1, -0.05) is 12.1 Å². The van der Waals surface area contributed by atoms with Crippen molar-refractivity contribution in [1.29, 1.82) is 5.26 Å². The molecule has 29 heavy (non-hydrogen) atoms. The van der Waals surface area contributed by atoms with Gasteiger partial charge >= 0.3 is 6.03 Å². The Hall–Kier alpha value is -3.05. The van der Waals surface area contributed by atoms with Crippen LogP contribution in [0.25, 0.3) is 0 Å². The van der Waals surface area contributed by atoms with E-state index in [-0.39, 0.29) is 24.6 Å². The number of hydrogen-bond donors (Lipinski definition) is 1. The van der Waals surface area contributed by atoms with Gasteiger partial charge in [-0.05, 0) is 37.5 Å². The lowest BCUT2D eigenvalue weighted by Gasteiger charge is -2.38. The number of benzene rings is 1. The maximum Gasteiger partial charge on any atom is 0.322 e. The molecule has 8 heteroatoms. The highest BCUT2D eigenvalue weighted by molar-refractivity contribution is 5.98. The molecule has 1 N–H and O–H groups in total. The molecule has 0 unspecified atom stereocenters. The number of ether oxygens (including phenoxy) is 2. The van der Waals surface area contributed by atoms with E-state index >= 15 is 0 Å². The van der Waals surface area contributed by atoms with E-state index in [4.69, 9.17) is 14.7 Å². The zero-order valence-electron chi connectivity index (χ0n) is 16.4. The van der Waals surface area contributed by atoms with Crippen LogP contribution in [0.1, 0.15) is 31.4 Å². The second kappa shape index (κ2) is 8.13. The van der Waals surface area contributed by atoms with Gasteiger partial charge in [-0.25, -0.2) is 4.79 Å². The first-order chi connectivity index (χ1) is 14.1. The van der Waals surface area contributed by atoms with Crippen LogP contribution in [-0.2, 0) is 9.53 Å². The smallest absolute Gasteiger partial charge is 0.322 e. The molecule has 8 nitrogen and oxygen atoms in total. The molecule has 0 radical (unpaired) electrons. The molecular weight excluding hydrogens is 372 g/mol. The van der Waals surface area contributed by atoms with E-state index < -0.39 is 6.04 Å². The Morgan fingerprint density at radius 2 is 1.97 bits per heavy atom. The molecule has 0 aromatic heterocycles. The lowest BCUT2D eigenvalue weighted by Crippen LogP contribution is -2.51. The van der Waals surface area contributed by atoms with Gasteiger partial charge in [-0.2, -0.15) is 5.26 Å². The Labute approximate surface area is 169 Å². The second-order valence-corrected chi connectivity index (χ2v) is 7.40. The fourth-order valence-corrected chi connectivity index (χ4v) is 3.87. The van der Waals surface area contributed by atoms with Crippen molar-refractivity contribution < 1.29 is 19.1 Å². The predicted octanol–water partition coefficient (Wildman–Crippen LogP) is 1.95. The minimum atomic E-state index is -0.530. The number of amides is 3. The third-order valence-electron chi connectivity index (χ3n) is 5.48. The standard InChI is InChI=1S/C21H24N4O4/c1-14-18(20(26)24-9-12-28-13-10-24)19(23-21(27)25(14)16-4-5-16)15-2-6-17(7-3-15)29-11-8-22/h2-3,6-7,16,19H,4-5,9-13H2,1H3,(H,23,27)/t19-/m1/s1. The fraction of sp³-hybridized carbons (Fsp3) is 0.476. The van der Waals surface area contributed by atoms with E-state index in [9.17, 15) is 9.59 Å². The molecule has 1 atom stereocenters. The van der Waals surface area contributed by atoms with Gasteiger partial charge in [0.1, 0.15) is 11.8 Å². The number of carbonyl (C=O) groups excluding carboxylic acids is 2. The number of carbonyl (C=O) groups is 2. The summed E-state index contributed by atoms with van der Waals surface area (Å²) < 4.78 is 10.7. The van der Waals surface area contributed by atoms with Crippen LogP contribution in [-0.4, -0.2) is 60.7 Å². The number of urea groups is 1. The molecule has 0 bridgehead atoms. The van der Waals surface area contributed by atoms with Crippen molar-refractivity contribution in [3.05, 3.63) is 41.1 Å². The molecule has 0 spiro atoms. The van der Waals surface area contributed by atoms with Gasteiger partial charge in [-0.15, -0.1) is 0 Å². The molecular formula is C21H24N4O4. The van der Waals surface area contributed by atoms with Gasteiger partial charge in [0.15, 0.2) is 6.61 Å². The van der Waals surface area contributed by atoms with Gasteiger partial charge in [0.2, 0.25) is 0 Å². The lowest BCUT2D eigenvalue weighted by molar-refractivity contribution is -0.131. The quantitative estimate of drug-likeness (QED) is 0.821. The topological polar surface area (TPSA) is 94.9 Å². The Bertz CT molecular complexity index is 864. The number of nitrogens with one attached hydrogen (secondary N) is 1. The summed E-state index contributed by atoms with van der Waals surface area (Å²) in [4.78, 5) is 29.7. The van der Waals surface area contributed by atoms with Gasteiger partial charge < -0.3 is 19.7 Å². The zero-order valence-corrected chi connectivity index (χ0v) is 16.4.